The Morgan fingerprint density at radius 2 is 1.73 bits per heavy atom. The summed E-state index contributed by atoms with van der Waals surface area (Å²) in [5.74, 6) is 0.998. The lowest BCUT2D eigenvalue weighted by atomic mass is 9.93. The first-order valence-corrected chi connectivity index (χ1v) is 11.9. The summed E-state index contributed by atoms with van der Waals surface area (Å²) in [7, 11) is 0. The molecule has 2 aromatic carbocycles. The van der Waals surface area contributed by atoms with E-state index in [-0.39, 0.29) is 23.7 Å². The molecule has 2 aliphatic rings. The lowest BCUT2D eigenvalue weighted by Crippen LogP contribution is -2.47. The number of halogens is 1. The first-order valence-electron chi connectivity index (χ1n) is 11.9. The summed E-state index contributed by atoms with van der Waals surface area (Å²) in [6.07, 6.45) is 5.23. The Bertz CT molecular complexity index is 1060. The number of nitrogens with zero attached hydrogens (tertiary/aromatic N) is 4. The standard InChI is InChI=1S/C26H29FN4O2/c27-22-13-11-20(12-14-22)24-28-25(33-29-24)21-10-7-17-31(18-21)23(19-8-3-1-4-9-19)26(32)30-15-5-2-6-16-30/h1,3-4,8-9,11-14,21,23H,2,5-7,10,15-18H2. The molecule has 33 heavy (non-hydrogen) atoms. The number of amides is 1. The zero-order valence-corrected chi connectivity index (χ0v) is 18.7. The van der Waals surface area contributed by atoms with Gasteiger partial charge in [0.1, 0.15) is 11.9 Å². The predicted molar refractivity (Wildman–Crippen MR) is 123 cm³/mol. The van der Waals surface area contributed by atoms with Crippen LogP contribution in [0.2, 0.25) is 0 Å². The molecule has 2 saturated heterocycles. The Hall–Kier alpha value is -3.06. The van der Waals surface area contributed by atoms with Crippen molar-refractivity contribution in [3.05, 3.63) is 71.9 Å². The van der Waals surface area contributed by atoms with Crippen molar-refractivity contribution >= 4 is 5.91 Å². The van der Waals surface area contributed by atoms with Crippen LogP contribution in [0.3, 0.4) is 0 Å². The summed E-state index contributed by atoms with van der Waals surface area (Å²) >= 11 is 0. The first-order chi connectivity index (χ1) is 16.2. The number of piperidine rings is 2. The van der Waals surface area contributed by atoms with E-state index < -0.39 is 0 Å². The molecule has 2 aliphatic heterocycles. The third kappa shape index (κ3) is 4.83. The van der Waals surface area contributed by atoms with Crippen molar-refractivity contribution in [3.8, 4) is 11.4 Å². The average molecular weight is 449 g/mol. The van der Waals surface area contributed by atoms with Gasteiger partial charge in [-0.25, -0.2) is 4.39 Å². The van der Waals surface area contributed by atoms with Crippen LogP contribution in [-0.2, 0) is 4.79 Å². The van der Waals surface area contributed by atoms with Gasteiger partial charge in [0.25, 0.3) is 0 Å². The molecule has 172 valence electrons. The van der Waals surface area contributed by atoms with Gasteiger partial charge in [0.05, 0.1) is 5.92 Å². The van der Waals surface area contributed by atoms with Crippen LogP contribution in [0.15, 0.2) is 59.1 Å². The van der Waals surface area contributed by atoms with E-state index in [9.17, 15) is 9.18 Å². The Kier molecular flexibility index (Phi) is 6.48. The quantitative estimate of drug-likeness (QED) is 0.561. The fraction of sp³-hybridized carbons (Fsp3) is 0.423. The third-order valence-corrected chi connectivity index (χ3v) is 6.73. The van der Waals surface area contributed by atoms with Crippen LogP contribution >= 0.6 is 0 Å². The molecule has 2 fully saturated rings. The number of aromatic nitrogens is 2. The van der Waals surface area contributed by atoms with E-state index >= 15 is 0 Å². The van der Waals surface area contributed by atoms with Crippen molar-refractivity contribution in [2.45, 2.75) is 44.1 Å². The highest BCUT2D eigenvalue weighted by atomic mass is 19.1. The van der Waals surface area contributed by atoms with Crippen LogP contribution in [0.5, 0.6) is 0 Å². The highest BCUT2D eigenvalue weighted by Crippen LogP contribution is 2.34. The number of rotatable bonds is 5. The molecule has 7 heteroatoms. The lowest BCUT2D eigenvalue weighted by Gasteiger charge is -2.39. The Labute approximate surface area is 193 Å². The van der Waals surface area contributed by atoms with Gasteiger partial charge in [-0.05, 0) is 68.5 Å². The smallest absolute Gasteiger partial charge is 0.244 e. The Morgan fingerprint density at radius 3 is 2.48 bits per heavy atom. The zero-order chi connectivity index (χ0) is 22.6. The zero-order valence-electron chi connectivity index (χ0n) is 18.7. The third-order valence-electron chi connectivity index (χ3n) is 6.73. The molecule has 1 amide bonds. The largest absolute Gasteiger partial charge is 0.341 e. The predicted octanol–water partition coefficient (Wildman–Crippen LogP) is 4.81. The molecule has 5 rings (SSSR count). The second-order valence-corrected chi connectivity index (χ2v) is 9.00. The minimum atomic E-state index is -0.299. The van der Waals surface area contributed by atoms with Gasteiger partial charge in [0.2, 0.25) is 17.6 Å². The summed E-state index contributed by atoms with van der Waals surface area (Å²) in [6, 6.07) is 15.9. The van der Waals surface area contributed by atoms with Crippen LogP contribution < -0.4 is 0 Å². The topological polar surface area (TPSA) is 62.5 Å². The number of hydrogen-bond donors (Lipinski definition) is 0. The van der Waals surface area contributed by atoms with Crippen molar-refractivity contribution in [2.24, 2.45) is 0 Å². The highest BCUT2D eigenvalue weighted by molar-refractivity contribution is 5.83. The lowest BCUT2D eigenvalue weighted by molar-refractivity contribution is -0.139. The van der Waals surface area contributed by atoms with E-state index in [2.05, 4.69) is 27.2 Å². The van der Waals surface area contributed by atoms with Crippen molar-refractivity contribution < 1.29 is 13.7 Å². The summed E-state index contributed by atoms with van der Waals surface area (Å²) < 4.78 is 18.9. The van der Waals surface area contributed by atoms with E-state index in [1.54, 1.807) is 12.1 Å². The SMILES string of the molecule is O=C(C(c1ccccc1)N1CCCC(c2nc(-c3ccc(F)cc3)no2)C1)N1CCCCC1. The molecular weight excluding hydrogens is 419 g/mol. The molecular formula is C26H29FN4O2. The summed E-state index contributed by atoms with van der Waals surface area (Å²) in [5, 5.41) is 4.13. The molecule has 0 saturated carbocycles. The second-order valence-electron chi connectivity index (χ2n) is 9.00. The van der Waals surface area contributed by atoms with Gasteiger partial charge in [-0.15, -0.1) is 0 Å². The molecule has 0 spiro atoms. The van der Waals surface area contributed by atoms with Crippen LogP contribution in [0, 0.1) is 5.82 Å². The van der Waals surface area contributed by atoms with Crippen LogP contribution in [0.1, 0.15) is 55.5 Å². The maximum Gasteiger partial charge on any atom is 0.244 e. The fourth-order valence-corrected chi connectivity index (χ4v) is 4.99. The number of carbonyl (C=O) groups is 1. The summed E-state index contributed by atoms with van der Waals surface area (Å²) in [6.45, 7) is 3.22. The maximum absolute atomic E-state index is 13.7. The van der Waals surface area contributed by atoms with Gasteiger partial charge in [-0.2, -0.15) is 4.98 Å². The van der Waals surface area contributed by atoms with Gasteiger partial charge >= 0.3 is 0 Å². The molecule has 1 aromatic heterocycles. The minimum absolute atomic E-state index is 0.0563. The van der Waals surface area contributed by atoms with Gasteiger partial charge in [0.15, 0.2) is 0 Å². The van der Waals surface area contributed by atoms with E-state index in [1.165, 1.54) is 18.6 Å². The molecule has 6 nitrogen and oxygen atoms in total. The average Bonchev–Trinajstić information content (AvgIpc) is 3.36. The molecule has 2 atom stereocenters. The van der Waals surface area contributed by atoms with Crippen molar-refractivity contribution in [1.82, 2.24) is 19.9 Å². The van der Waals surface area contributed by atoms with Gasteiger partial charge in [-0.1, -0.05) is 35.5 Å². The number of hydrogen-bond acceptors (Lipinski definition) is 5. The van der Waals surface area contributed by atoms with Crippen molar-refractivity contribution in [1.29, 1.82) is 0 Å². The molecule has 3 heterocycles. The van der Waals surface area contributed by atoms with E-state index in [0.717, 1.165) is 56.4 Å². The maximum atomic E-state index is 13.7. The van der Waals surface area contributed by atoms with Gasteiger partial charge < -0.3 is 9.42 Å². The van der Waals surface area contributed by atoms with E-state index in [4.69, 9.17) is 4.52 Å². The number of likely N-dealkylation sites (tertiary alicyclic amines) is 2. The highest BCUT2D eigenvalue weighted by Gasteiger charge is 2.36. The summed E-state index contributed by atoms with van der Waals surface area (Å²) in [5.41, 5.74) is 1.76. The molecule has 0 radical (unpaired) electrons. The van der Waals surface area contributed by atoms with E-state index in [0.29, 0.717) is 18.3 Å². The molecule has 0 N–H and O–H groups in total. The van der Waals surface area contributed by atoms with Crippen LogP contribution in [0.4, 0.5) is 4.39 Å². The van der Waals surface area contributed by atoms with Gasteiger partial charge in [0, 0.05) is 25.2 Å². The van der Waals surface area contributed by atoms with Crippen molar-refractivity contribution in [3.63, 3.8) is 0 Å². The molecule has 2 unspecified atom stereocenters. The second kappa shape index (κ2) is 9.83. The first kappa shape index (κ1) is 21.8. The fourth-order valence-electron chi connectivity index (χ4n) is 4.99. The Balaban J connectivity index is 1.37. The van der Waals surface area contributed by atoms with Crippen LogP contribution in [0.25, 0.3) is 11.4 Å². The van der Waals surface area contributed by atoms with Crippen molar-refractivity contribution in [2.75, 3.05) is 26.2 Å². The normalized spacial score (nSPS) is 20.5. The van der Waals surface area contributed by atoms with E-state index in [1.807, 2.05) is 23.1 Å². The monoisotopic (exact) mass is 448 g/mol. The molecule has 3 aromatic rings. The minimum Gasteiger partial charge on any atom is -0.341 e. The summed E-state index contributed by atoms with van der Waals surface area (Å²) in [4.78, 5) is 22.6. The number of benzene rings is 2. The Morgan fingerprint density at radius 1 is 0.970 bits per heavy atom. The number of carbonyl (C=O) groups excluding carboxylic acids is 1. The van der Waals surface area contributed by atoms with Gasteiger partial charge in [-0.3, -0.25) is 9.69 Å². The molecule has 0 aliphatic carbocycles. The van der Waals surface area contributed by atoms with Crippen LogP contribution in [-0.4, -0.2) is 52.0 Å². The molecule has 0 bridgehead atoms.